The van der Waals surface area contributed by atoms with Crippen molar-refractivity contribution in [1.82, 2.24) is 19.7 Å². The minimum absolute atomic E-state index is 0.174. The number of nitrogens with one attached hydrogen (secondary N) is 1. The van der Waals surface area contributed by atoms with Crippen molar-refractivity contribution in [3.8, 4) is 0 Å². The molecule has 0 aromatic carbocycles. The summed E-state index contributed by atoms with van der Waals surface area (Å²) >= 11 is 0. The number of pyridine rings is 1. The zero-order valence-corrected chi connectivity index (χ0v) is 15.2. The van der Waals surface area contributed by atoms with Gasteiger partial charge in [0.15, 0.2) is 5.82 Å². The van der Waals surface area contributed by atoms with Gasteiger partial charge in [0.2, 0.25) is 16.0 Å². The molecule has 2 rings (SSSR count). The summed E-state index contributed by atoms with van der Waals surface area (Å²) in [4.78, 5) is 11.8. The van der Waals surface area contributed by atoms with Gasteiger partial charge in [-0.3, -0.25) is 4.98 Å². The van der Waals surface area contributed by atoms with Gasteiger partial charge in [-0.25, -0.2) is 18.1 Å². The molecule has 0 aliphatic rings. The van der Waals surface area contributed by atoms with Crippen LogP contribution in [0.5, 0.6) is 0 Å². The summed E-state index contributed by atoms with van der Waals surface area (Å²) in [6.07, 6.45) is 6.27. The van der Waals surface area contributed by atoms with E-state index in [4.69, 9.17) is 11.5 Å². The fourth-order valence-electron chi connectivity index (χ4n) is 1.96. The van der Waals surface area contributed by atoms with Gasteiger partial charge in [0.25, 0.3) is 0 Å². The number of aromatic nitrogens is 3. The highest BCUT2D eigenvalue weighted by Crippen LogP contribution is 2.14. The molecule has 0 spiro atoms. The van der Waals surface area contributed by atoms with Crippen LogP contribution >= 0.6 is 0 Å². The maximum Gasteiger partial charge on any atom is 0.222 e. The van der Waals surface area contributed by atoms with Crippen LogP contribution in [0.4, 0.5) is 11.8 Å². The third-order valence-corrected chi connectivity index (χ3v) is 3.93. The van der Waals surface area contributed by atoms with Crippen LogP contribution in [-0.2, 0) is 10.0 Å². The SMILES string of the molecule is CCCCC(C)CNS(C)(=O)=O.Nc1nc(N)c2ncccc2n1. The Labute approximate surface area is 143 Å². The van der Waals surface area contributed by atoms with E-state index < -0.39 is 10.0 Å². The molecule has 0 fully saturated rings. The van der Waals surface area contributed by atoms with E-state index in [0.717, 1.165) is 6.42 Å². The summed E-state index contributed by atoms with van der Waals surface area (Å²) in [5.74, 6) is 0.936. The summed E-state index contributed by atoms with van der Waals surface area (Å²) in [5.41, 5.74) is 12.2. The largest absolute Gasteiger partial charge is 0.382 e. The monoisotopic (exact) mass is 354 g/mol. The molecule has 8 nitrogen and oxygen atoms in total. The minimum Gasteiger partial charge on any atom is -0.382 e. The van der Waals surface area contributed by atoms with Crippen LogP contribution in [-0.4, -0.2) is 36.2 Å². The van der Waals surface area contributed by atoms with Crippen molar-refractivity contribution in [1.29, 1.82) is 0 Å². The van der Waals surface area contributed by atoms with Crippen LogP contribution < -0.4 is 16.2 Å². The maximum absolute atomic E-state index is 10.7. The van der Waals surface area contributed by atoms with E-state index in [2.05, 4.69) is 33.5 Å². The van der Waals surface area contributed by atoms with Gasteiger partial charge in [-0.05, 0) is 24.5 Å². The third-order valence-electron chi connectivity index (χ3n) is 3.24. The van der Waals surface area contributed by atoms with Crippen LogP contribution in [0.25, 0.3) is 11.0 Å². The third kappa shape index (κ3) is 7.51. The Morgan fingerprint density at radius 1 is 1.29 bits per heavy atom. The molecule has 1 unspecified atom stereocenters. The van der Waals surface area contributed by atoms with Crippen molar-refractivity contribution in [2.24, 2.45) is 5.92 Å². The molecular formula is C15H26N6O2S. The second-order valence-corrected chi connectivity index (χ2v) is 7.54. The standard InChI is InChI=1S/C8H19NO2S.C7H7N5/c1-4-5-6-8(2)7-9-12(3,10)11;8-6-5-4(2-1-3-10-5)11-7(9)12-6/h8-9H,4-7H2,1-3H3;1-3H,(H4,8,9,11,12). The molecule has 0 aliphatic heterocycles. The average molecular weight is 354 g/mol. The van der Waals surface area contributed by atoms with Gasteiger partial charge in [-0.1, -0.05) is 26.7 Å². The van der Waals surface area contributed by atoms with Gasteiger partial charge in [-0.15, -0.1) is 0 Å². The lowest BCUT2D eigenvalue weighted by Gasteiger charge is -2.10. The highest BCUT2D eigenvalue weighted by atomic mass is 32.2. The van der Waals surface area contributed by atoms with E-state index in [-0.39, 0.29) is 5.95 Å². The first-order valence-electron chi connectivity index (χ1n) is 7.81. The number of hydrogen-bond donors (Lipinski definition) is 3. The lowest BCUT2D eigenvalue weighted by molar-refractivity contribution is 0.492. The number of nitrogens with two attached hydrogens (primary N) is 2. The zero-order chi connectivity index (χ0) is 18.2. The van der Waals surface area contributed by atoms with Gasteiger partial charge in [-0.2, -0.15) is 4.98 Å². The predicted molar refractivity (Wildman–Crippen MR) is 97.7 cm³/mol. The van der Waals surface area contributed by atoms with E-state index in [1.54, 1.807) is 18.3 Å². The summed E-state index contributed by atoms with van der Waals surface area (Å²) in [7, 11) is -2.99. The first-order chi connectivity index (χ1) is 11.2. The van der Waals surface area contributed by atoms with Crippen LogP contribution in [0.3, 0.4) is 0 Å². The predicted octanol–water partition coefficient (Wildman–Crippen LogP) is 1.55. The lowest BCUT2D eigenvalue weighted by atomic mass is 10.1. The smallest absolute Gasteiger partial charge is 0.222 e. The molecule has 0 aliphatic carbocycles. The van der Waals surface area contributed by atoms with Gasteiger partial charge in [0, 0.05) is 12.7 Å². The molecule has 1 atom stereocenters. The summed E-state index contributed by atoms with van der Waals surface area (Å²) in [6.45, 7) is 4.77. The first kappa shape index (κ1) is 20.0. The van der Waals surface area contributed by atoms with Crippen molar-refractivity contribution >= 4 is 32.8 Å². The minimum atomic E-state index is -2.99. The number of rotatable bonds is 6. The molecule has 0 bridgehead atoms. The molecule has 0 radical (unpaired) electrons. The Kier molecular flexibility index (Phi) is 7.80. The number of anilines is 2. The molecule has 2 heterocycles. The van der Waals surface area contributed by atoms with Crippen molar-refractivity contribution in [3.05, 3.63) is 18.3 Å². The molecule has 134 valence electrons. The molecule has 0 saturated heterocycles. The number of sulfonamides is 1. The highest BCUT2D eigenvalue weighted by Gasteiger charge is 2.05. The molecule has 2 aromatic heterocycles. The Bertz CT molecular complexity index is 751. The highest BCUT2D eigenvalue weighted by molar-refractivity contribution is 7.88. The molecule has 2 aromatic rings. The average Bonchev–Trinajstić information content (AvgIpc) is 2.50. The fraction of sp³-hybridized carbons (Fsp3) is 0.533. The number of unbranched alkanes of at least 4 members (excludes halogenated alkanes) is 1. The van der Waals surface area contributed by atoms with Crippen LogP contribution in [0.2, 0.25) is 0 Å². The molecule has 9 heteroatoms. The van der Waals surface area contributed by atoms with Gasteiger partial charge >= 0.3 is 0 Å². The van der Waals surface area contributed by atoms with E-state index in [0.29, 0.717) is 29.3 Å². The van der Waals surface area contributed by atoms with Gasteiger partial charge < -0.3 is 11.5 Å². The van der Waals surface area contributed by atoms with Crippen LogP contribution in [0.15, 0.2) is 18.3 Å². The molecule has 0 amide bonds. The Hall–Kier alpha value is -2.00. The Balaban J connectivity index is 0.000000240. The Morgan fingerprint density at radius 3 is 2.62 bits per heavy atom. The van der Waals surface area contributed by atoms with E-state index in [1.807, 2.05) is 0 Å². The summed E-state index contributed by atoms with van der Waals surface area (Å²) in [5, 5.41) is 0. The van der Waals surface area contributed by atoms with Crippen molar-refractivity contribution < 1.29 is 8.42 Å². The number of fused-ring (bicyclic) bond motifs is 1. The second-order valence-electron chi connectivity index (χ2n) is 5.71. The van der Waals surface area contributed by atoms with E-state index in [9.17, 15) is 8.42 Å². The van der Waals surface area contributed by atoms with Crippen molar-refractivity contribution in [3.63, 3.8) is 0 Å². The quantitative estimate of drug-likeness (QED) is 0.715. The van der Waals surface area contributed by atoms with Gasteiger partial charge in [0.05, 0.1) is 11.8 Å². The second kappa shape index (κ2) is 9.33. The molecule has 0 saturated carbocycles. The first-order valence-corrected chi connectivity index (χ1v) is 9.70. The fourth-order valence-corrected chi connectivity index (χ4v) is 2.54. The maximum atomic E-state index is 10.7. The lowest BCUT2D eigenvalue weighted by Crippen LogP contribution is -2.27. The van der Waals surface area contributed by atoms with E-state index >= 15 is 0 Å². The number of nitrogen functional groups attached to an aromatic ring is 2. The summed E-state index contributed by atoms with van der Waals surface area (Å²) < 4.78 is 23.9. The zero-order valence-electron chi connectivity index (χ0n) is 14.4. The van der Waals surface area contributed by atoms with Crippen LogP contribution in [0, 0.1) is 5.92 Å². The normalized spacial score (nSPS) is 12.5. The number of nitrogens with zero attached hydrogens (tertiary/aromatic N) is 3. The molecular weight excluding hydrogens is 328 g/mol. The molecule has 24 heavy (non-hydrogen) atoms. The number of hydrogen-bond acceptors (Lipinski definition) is 7. The van der Waals surface area contributed by atoms with Crippen molar-refractivity contribution in [2.75, 3.05) is 24.3 Å². The molecule has 5 N–H and O–H groups in total. The van der Waals surface area contributed by atoms with Crippen LogP contribution in [0.1, 0.15) is 33.1 Å². The van der Waals surface area contributed by atoms with Gasteiger partial charge in [0.1, 0.15) is 5.52 Å². The Morgan fingerprint density at radius 2 is 2.00 bits per heavy atom. The van der Waals surface area contributed by atoms with Crippen molar-refractivity contribution in [2.45, 2.75) is 33.1 Å². The summed E-state index contributed by atoms with van der Waals surface area (Å²) in [6, 6.07) is 3.56. The van der Waals surface area contributed by atoms with E-state index in [1.165, 1.54) is 19.1 Å². The topological polar surface area (TPSA) is 137 Å².